The van der Waals surface area contributed by atoms with Crippen molar-refractivity contribution in [1.29, 1.82) is 0 Å². The van der Waals surface area contributed by atoms with Crippen LogP contribution in [0.1, 0.15) is 27.2 Å². The van der Waals surface area contributed by atoms with Gasteiger partial charge in [0.05, 0.1) is 4.90 Å². The number of anilines is 1. The fraction of sp³-hybridized carbons (Fsp3) is 0.615. The maximum absolute atomic E-state index is 12.4. The molecule has 6 heteroatoms. The van der Waals surface area contributed by atoms with E-state index in [1.165, 1.54) is 16.6 Å². The molecule has 0 spiro atoms. The fourth-order valence-electron chi connectivity index (χ4n) is 1.70. The van der Waals surface area contributed by atoms with E-state index in [9.17, 15) is 8.42 Å². The Morgan fingerprint density at radius 2 is 2.11 bits per heavy atom. The van der Waals surface area contributed by atoms with Crippen LogP contribution in [0.15, 0.2) is 23.2 Å². The SMILES string of the molecule is CCNc1cc(S(=O)(=O)N(C)CC(C)CC)ccn1. The lowest BCUT2D eigenvalue weighted by Gasteiger charge is -2.20. The van der Waals surface area contributed by atoms with E-state index in [1.54, 1.807) is 13.1 Å². The van der Waals surface area contributed by atoms with Crippen molar-refractivity contribution in [2.45, 2.75) is 32.1 Å². The molecule has 0 aliphatic heterocycles. The highest BCUT2D eigenvalue weighted by Gasteiger charge is 2.22. The zero-order valence-corrected chi connectivity index (χ0v) is 12.9. The first kappa shape index (κ1) is 15.9. The Bertz CT molecular complexity index is 502. The van der Waals surface area contributed by atoms with Gasteiger partial charge in [0.25, 0.3) is 0 Å². The summed E-state index contributed by atoms with van der Waals surface area (Å²) in [6.07, 6.45) is 2.47. The van der Waals surface area contributed by atoms with Crippen molar-refractivity contribution in [2.75, 3.05) is 25.5 Å². The molecule has 1 atom stereocenters. The Labute approximate surface area is 116 Å². The van der Waals surface area contributed by atoms with E-state index in [4.69, 9.17) is 0 Å². The van der Waals surface area contributed by atoms with Crippen molar-refractivity contribution in [2.24, 2.45) is 5.92 Å². The van der Waals surface area contributed by atoms with Gasteiger partial charge in [-0.2, -0.15) is 0 Å². The zero-order valence-electron chi connectivity index (χ0n) is 12.0. The van der Waals surface area contributed by atoms with Crippen molar-refractivity contribution >= 4 is 15.8 Å². The number of hydrogen-bond acceptors (Lipinski definition) is 4. The molecule has 0 radical (unpaired) electrons. The minimum absolute atomic E-state index is 0.282. The Kier molecular flexibility index (Phi) is 5.75. The maximum atomic E-state index is 12.4. The molecule has 0 aromatic carbocycles. The summed E-state index contributed by atoms with van der Waals surface area (Å²) in [4.78, 5) is 4.37. The molecule has 1 heterocycles. The van der Waals surface area contributed by atoms with Crippen LogP contribution in [0.3, 0.4) is 0 Å². The Hall–Kier alpha value is -1.14. The number of nitrogens with zero attached hydrogens (tertiary/aromatic N) is 2. The van der Waals surface area contributed by atoms with Gasteiger partial charge in [-0.3, -0.25) is 0 Å². The van der Waals surface area contributed by atoms with E-state index in [0.29, 0.717) is 24.8 Å². The average Bonchev–Trinajstić information content (AvgIpc) is 2.39. The van der Waals surface area contributed by atoms with E-state index >= 15 is 0 Å². The van der Waals surface area contributed by atoms with E-state index in [1.807, 2.05) is 13.8 Å². The van der Waals surface area contributed by atoms with Gasteiger partial charge in [-0.25, -0.2) is 17.7 Å². The third kappa shape index (κ3) is 4.18. The first-order valence-electron chi connectivity index (χ1n) is 6.58. The molecule has 1 aromatic rings. The summed E-state index contributed by atoms with van der Waals surface area (Å²) in [7, 11) is -1.81. The predicted molar refractivity (Wildman–Crippen MR) is 77.7 cm³/mol. The van der Waals surface area contributed by atoms with Crippen molar-refractivity contribution in [3.05, 3.63) is 18.3 Å². The second-order valence-electron chi connectivity index (χ2n) is 4.71. The van der Waals surface area contributed by atoms with E-state index < -0.39 is 10.0 Å². The minimum atomic E-state index is -3.43. The lowest BCUT2D eigenvalue weighted by atomic mass is 10.1. The van der Waals surface area contributed by atoms with Gasteiger partial charge in [-0.05, 0) is 18.9 Å². The van der Waals surface area contributed by atoms with E-state index in [-0.39, 0.29) is 4.90 Å². The number of pyridine rings is 1. The van der Waals surface area contributed by atoms with Crippen molar-refractivity contribution in [3.63, 3.8) is 0 Å². The van der Waals surface area contributed by atoms with Crippen LogP contribution in [0.5, 0.6) is 0 Å². The third-order valence-electron chi connectivity index (χ3n) is 3.06. The minimum Gasteiger partial charge on any atom is -0.370 e. The van der Waals surface area contributed by atoms with Gasteiger partial charge in [0.1, 0.15) is 5.82 Å². The number of nitrogens with one attached hydrogen (secondary N) is 1. The fourth-order valence-corrected chi connectivity index (χ4v) is 3.00. The first-order chi connectivity index (χ1) is 8.91. The van der Waals surface area contributed by atoms with Crippen molar-refractivity contribution in [1.82, 2.24) is 9.29 Å². The van der Waals surface area contributed by atoms with Crippen LogP contribution in [-0.2, 0) is 10.0 Å². The highest BCUT2D eigenvalue weighted by atomic mass is 32.2. The highest BCUT2D eigenvalue weighted by molar-refractivity contribution is 7.89. The van der Waals surface area contributed by atoms with Crippen LogP contribution in [0.2, 0.25) is 0 Å². The van der Waals surface area contributed by atoms with E-state index in [0.717, 1.165) is 6.42 Å². The number of hydrogen-bond donors (Lipinski definition) is 1. The molecule has 0 saturated heterocycles. The summed E-state index contributed by atoms with van der Waals surface area (Å²) < 4.78 is 26.2. The topological polar surface area (TPSA) is 62.3 Å². The second kappa shape index (κ2) is 6.86. The second-order valence-corrected chi connectivity index (χ2v) is 6.75. The summed E-state index contributed by atoms with van der Waals surface area (Å²) in [5.41, 5.74) is 0. The molecule has 1 rings (SSSR count). The summed E-state index contributed by atoms with van der Waals surface area (Å²) >= 11 is 0. The Morgan fingerprint density at radius 3 is 2.68 bits per heavy atom. The molecule has 108 valence electrons. The molecule has 0 amide bonds. The highest BCUT2D eigenvalue weighted by Crippen LogP contribution is 2.18. The standard InChI is InChI=1S/C13H23N3O2S/c1-5-11(3)10-16(4)19(17,18)12-7-8-15-13(9-12)14-6-2/h7-9,11H,5-6,10H2,1-4H3,(H,14,15). The lowest BCUT2D eigenvalue weighted by Crippen LogP contribution is -2.31. The van der Waals surface area contributed by atoms with Crippen LogP contribution in [-0.4, -0.2) is 37.8 Å². The van der Waals surface area contributed by atoms with Gasteiger partial charge in [0, 0.05) is 32.4 Å². The first-order valence-corrected chi connectivity index (χ1v) is 8.02. The Morgan fingerprint density at radius 1 is 1.42 bits per heavy atom. The molecular weight excluding hydrogens is 262 g/mol. The van der Waals surface area contributed by atoms with Crippen LogP contribution in [0.25, 0.3) is 0 Å². The Balaban J connectivity index is 2.96. The maximum Gasteiger partial charge on any atom is 0.243 e. The monoisotopic (exact) mass is 285 g/mol. The average molecular weight is 285 g/mol. The van der Waals surface area contributed by atoms with Gasteiger partial charge in [-0.1, -0.05) is 20.3 Å². The van der Waals surface area contributed by atoms with Gasteiger partial charge < -0.3 is 5.32 Å². The molecule has 1 N–H and O–H groups in total. The molecule has 0 aliphatic carbocycles. The lowest BCUT2D eigenvalue weighted by molar-refractivity contribution is 0.393. The van der Waals surface area contributed by atoms with Gasteiger partial charge in [0.15, 0.2) is 0 Å². The molecule has 0 fully saturated rings. The van der Waals surface area contributed by atoms with E-state index in [2.05, 4.69) is 17.2 Å². The number of aromatic nitrogens is 1. The van der Waals surface area contributed by atoms with Crippen molar-refractivity contribution in [3.8, 4) is 0 Å². The molecular formula is C13H23N3O2S. The summed E-state index contributed by atoms with van der Waals surface area (Å²) in [5.74, 6) is 0.926. The molecule has 0 saturated carbocycles. The molecule has 0 bridgehead atoms. The van der Waals surface area contributed by atoms with Crippen LogP contribution in [0.4, 0.5) is 5.82 Å². The van der Waals surface area contributed by atoms with Crippen LogP contribution >= 0.6 is 0 Å². The van der Waals surface area contributed by atoms with Gasteiger partial charge in [0.2, 0.25) is 10.0 Å². The molecule has 1 aromatic heterocycles. The molecule has 0 aliphatic rings. The smallest absolute Gasteiger partial charge is 0.243 e. The summed E-state index contributed by atoms with van der Waals surface area (Å²) in [6.45, 7) is 7.28. The largest absolute Gasteiger partial charge is 0.370 e. The predicted octanol–water partition coefficient (Wildman–Crippen LogP) is 2.18. The molecule has 1 unspecified atom stereocenters. The van der Waals surface area contributed by atoms with Gasteiger partial charge >= 0.3 is 0 Å². The van der Waals surface area contributed by atoms with Crippen LogP contribution < -0.4 is 5.32 Å². The number of sulfonamides is 1. The zero-order chi connectivity index (χ0) is 14.5. The quantitative estimate of drug-likeness (QED) is 0.834. The summed E-state index contributed by atoms with van der Waals surface area (Å²) in [5, 5.41) is 3.02. The normalized spacial score (nSPS) is 13.5. The molecule has 5 nitrogen and oxygen atoms in total. The van der Waals surface area contributed by atoms with Gasteiger partial charge in [-0.15, -0.1) is 0 Å². The summed E-state index contributed by atoms with van der Waals surface area (Å²) in [6, 6.07) is 3.11. The van der Waals surface area contributed by atoms with Crippen LogP contribution in [0, 0.1) is 5.92 Å². The van der Waals surface area contributed by atoms with Crippen molar-refractivity contribution < 1.29 is 8.42 Å². The molecule has 19 heavy (non-hydrogen) atoms. The number of rotatable bonds is 7. The third-order valence-corrected chi connectivity index (χ3v) is 4.88.